The number of alkyl halides is 3. The van der Waals surface area contributed by atoms with Crippen molar-refractivity contribution >= 4 is 29.0 Å². The van der Waals surface area contributed by atoms with E-state index in [1.54, 1.807) is 18.2 Å². The molecule has 0 radical (unpaired) electrons. The van der Waals surface area contributed by atoms with Crippen molar-refractivity contribution in [2.24, 2.45) is 11.8 Å². The summed E-state index contributed by atoms with van der Waals surface area (Å²) in [6.07, 6.45) is -2.92. The first-order chi connectivity index (χ1) is 9.80. The van der Waals surface area contributed by atoms with Gasteiger partial charge in [0.1, 0.15) is 5.78 Å². The minimum Gasteiger partial charge on any atom is -0.299 e. The molecule has 0 heterocycles. The van der Waals surface area contributed by atoms with E-state index in [1.165, 1.54) is 0 Å². The fourth-order valence-corrected chi connectivity index (χ4v) is 3.30. The number of ketones is 1. The van der Waals surface area contributed by atoms with Gasteiger partial charge >= 0.3 is 6.18 Å². The van der Waals surface area contributed by atoms with Crippen LogP contribution in [0.2, 0.25) is 10.0 Å². The highest BCUT2D eigenvalue weighted by Gasteiger charge is 2.47. The van der Waals surface area contributed by atoms with Crippen LogP contribution in [0.4, 0.5) is 13.2 Å². The molecule has 0 aliphatic heterocycles. The summed E-state index contributed by atoms with van der Waals surface area (Å²) in [5.74, 6) is -2.90. The van der Waals surface area contributed by atoms with Crippen LogP contribution in [0.5, 0.6) is 0 Å². The van der Waals surface area contributed by atoms with E-state index < -0.39 is 23.8 Å². The van der Waals surface area contributed by atoms with E-state index in [1.807, 2.05) is 0 Å². The maximum Gasteiger partial charge on any atom is 0.392 e. The van der Waals surface area contributed by atoms with Gasteiger partial charge in [-0.25, -0.2) is 0 Å². The summed E-state index contributed by atoms with van der Waals surface area (Å²) in [6.45, 7) is 0. The number of hydrogen-bond acceptors (Lipinski definition) is 1. The summed E-state index contributed by atoms with van der Waals surface area (Å²) in [5, 5.41) is 0.546. The standard InChI is InChI=1S/C15H15Cl2F3O/c16-12-7-3-4-9(14(12)17)8-13(21)10-5-1-2-6-11(10)15(18,19)20/h3-4,7,10-11H,1-2,5-6,8H2. The van der Waals surface area contributed by atoms with Gasteiger partial charge in [-0.1, -0.05) is 48.2 Å². The zero-order valence-corrected chi connectivity index (χ0v) is 12.7. The smallest absolute Gasteiger partial charge is 0.299 e. The average Bonchev–Trinajstić information content (AvgIpc) is 2.43. The molecular formula is C15H15Cl2F3O. The quantitative estimate of drug-likeness (QED) is 0.713. The van der Waals surface area contributed by atoms with Gasteiger partial charge in [0.15, 0.2) is 0 Å². The molecule has 0 amide bonds. The van der Waals surface area contributed by atoms with Crippen molar-refractivity contribution in [2.75, 3.05) is 0 Å². The molecule has 1 saturated carbocycles. The summed E-state index contributed by atoms with van der Waals surface area (Å²) in [4.78, 5) is 12.3. The van der Waals surface area contributed by atoms with Crippen molar-refractivity contribution in [1.29, 1.82) is 0 Å². The molecule has 0 saturated heterocycles. The molecule has 2 rings (SSSR count). The topological polar surface area (TPSA) is 17.1 Å². The summed E-state index contributed by atoms with van der Waals surface area (Å²) in [7, 11) is 0. The monoisotopic (exact) mass is 338 g/mol. The zero-order chi connectivity index (χ0) is 15.6. The normalized spacial score (nSPS) is 23.1. The summed E-state index contributed by atoms with van der Waals surface area (Å²) in [6, 6.07) is 4.84. The molecular weight excluding hydrogens is 324 g/mol. The lowest BCUT2D eigenvalue weighted by Crippen LogP contribution is -2.37. The van der Waals surface area contributed by atoms with Crippen molar-refractivity contribution in [3.8, 4) is 0 Å². The summed E-state index contributed by atoms with van der Waals surface area (Å²) >= 11 is 11.9. The van der Waals surface area contributed by atoms with Crippen LogP contribution in [-0.4, -0.2) is 12.0 Å². The number of halogens is 5. The Hall–Kier alpha value is -0.740. The minimum absolute atomic E-state index is 0.0309. The Labute approximate surface area is 131 Å². The first kappa shape index (κ1) is 16.6. The molecule has 0 aromatic heterocycles. The Morgan fingerprint density at radius 3 is 2.52 bits per heavy atom. The van der Waals surface area contributed by atoms with Crippen LogP contribution < -0.4 is 0 Å². The van der Waals surface area contributed by atoms with Gasteiger partial charge in [0, 0.05) is 12.3 Å². The second-order valence-corrected chi connectivity index (χ2v) is 6.18. The van der Waals surface area contributed by atoms with Crippen molar-refractivity contribution in [3.05, 3.63) is 33.8 Å². The number of carbonyl (C=O) groups excluding carboxylic acids is 1. The fraction of sp³-hybridized carbons (Fsp3) is 0.533. The van der Waals surface area contributed by atoms with Gasteiger partial charge in [0.25, 0.3) is 0 Å². The van der Waals surface area contributed by atoms with Crippen molar-refractivity contribution < 1.29 is 18.0 Å². The molecule has 21 heavy (non-hydrogen) atoms. The lowest BCUT2D eigenvalue weighted by atomic mass is 9.75. The van der Waals surface area contributed by atoms with E-state index in [0.29, 0.717) is 29.8 Å². The summed E-state index contributed by atoms with van der Waals surface area (Å²) < 4.78 is 39.1. The molecule has 0 bridgehead atoms. The molecule has 2 atom stereocenters. The molecule has 0 N–H and O–H groups in total. The SMILES string of the molecule is O=C(Cc1cccc(Cl)c1Cl)C1CCCCC1C(F)(F)F. The molecule has 1 aromatic rings. The lowest BCUT2D eigenvalue weighted by Gasteiger charge is -2.32. The molecule has 1 nitrogen and oxygen atoms in total. The third kappa shape index (κ3) is 3.92. The molecule has 1 aliphatic carbocycles. The second kappa shape index (κ2) is 6.57. The van der Waals surface area contributed by atoms with Gasteiger partial charge < -0.3 is 0 Å². The van der Waals surface area contributed by atoms with Crippen molar-refractivity contribution in [1.82, 2.24) is 0 Å². The van der Waals surface area contributed by atoms with Crippen molar-refractivity contribution in [3.63, 3.8) is 0 Å². The Bertz CT molecular complexity index is 528. The third-order valence-corrected chi connectivity index (χ3v) is 4.85. The van der Waals surface area contributed by atoms with Gasteiger partial charge in [-0.3, -0.25) is 4.79 Å². The van der Waals surface area contributed by atoms with Gasteiger partial charge in [-0.15, -0.1) is 0 Å². The molecule has 116 valence electrons. The largest absolute Gasteiger partial charge is 0.392 e. The first-order valence-corrected chi connectivity index (χ1v) is 7.58. The molecule has 2 unspecified atom stereocenters. The fourth-order valence-electron chi connectivity index (χ4n) is 2.91. The average molecular weight is 339 g/mol. The van der Waals surface area contributed by atoms with E-state index in [2.05, 4.69) is 0 Å². The minimum atomic E-state index is -4.32. The van der Waals surface area contributed by atoms with E-state index in [0.717, 1.165) is 0 Å². The number of carbonyl (C=O) groups is 1. The highest BCUT2D eigenvalue weighted by Crippen LogP contribution is 2.42. The molecule has 1 fully saturated rings. The maximum atomic E-state index is 13.0. The number of Topliss-reactive ketones (excluding diaryl/α,β-unsaturated/α-hetero) is 1. The number of benzene rings is 1. The predicted octanol–water partition coefficient (Wildman–Crippen LogP) is 5.47. The Balaban J connectivity index is 2.16. The van der Waals surface area contributed by atoms with Crippen LogP contribution in [0.15, 0.2) is 18.2 Å². The maximum absolute atomic E-state index is 13.0. The number of hydrogen-bond donors (Lipinski definition) is 0. The van der Waals surface area contributed by atoms with E-state index in [9.17, 15) is 18.0 Å². The highest BCUT2D eigenvalue weighted by molar-refractivity contribution is 6.42. The van der Waals surface area contributed by atoms with E-state index >= 15 is 0 Å². The van der Waals surface area contributed by atoms with Gasteiger partial charge in [-0.05, 0) is 24.5 Å². The van der Waals surface area contributed by atoms with Crippen LogP contribution in [0.3, 0.4) is 0 Å². The zero-order valence-electron chi connectivity index (χ0n) is 11.2. The molecule has 6 heteroatoms. The van der Waals surface area contributed by atoms with Gasteiger partial charge in [0.2, 0.25) is 0 Å². The lowest BCUT2D eigenvalue weighted by molar-refractivity contribution is -0.197. The predicted molar refractivity (Wildman–Crippen MR) is 76.7 cm³/mol. The molecule has 0 spiro atoms. The Kier molecular flexibility index (Phi) is 5.20. The van der Waals surface area contributed by atoms with E-state index in [-0.39, 0.29) is 17.9 Å². The first-order valence-electron chi connectivity index (χ1n) is 6.83. The van der Waals surface area contributed by atoms with Crippen LogP contribution in [0.25, 0.3) is 0 Å². The third-order valence-electron chi connectivity index (χ3n) is 4.00. The molecule has 1 aromatic carbocycles. The Morgan fingerprint density at radius 1 is 1.19 bits per heavy atom. The Morgan fingerprint density at radius 2 is 1.86 bits per heavy atom. The summed E-state index contributed by atoms with van der Waals surface area (Å²) in [5.41, 5.74) is 0.487. The van der Waals surface area contributed by atoms with Crippen LogP contribution >= 0.6 is 23.2 Å². The van der Waals surface area contributed by atoms with E-state index in [4.69, 9.17) is 23.2 Å². The van der Waals surface area contributed by atoms with Crippen LogP contribution in [0, 0.1) is 11.8 Å². The van der Waals surface area contributed by atoms with Crippen LogP contribution in [0.1, 0.15) is 31.2 Å². The van der Waals surface area contributed by atoms with Gasteiger partial charge in [0.05, 0.1) is 16.0 Å². The van der Waals surface area contributed by atoms with Gasteiger partial charge in [-0.2, -0.15) is 13.2 Å². The number of rotatable bonds is 3. The van der Waals surface area contributed by atoms with Crippen molar-refractivity contribution in [2.45, 2.75) is 38.3 Å². The second-order valence-electron chi connectivity index (χ2n) is 5.40. The highest BCUT2D eigenvalue weighted by atomic mass is 35.5. The van der Waals surface area contributed by atoms with Crippen LogP contribution in [-0.2, 0) is 11.2 Å². The molecule has 1 aliphatic rings.